The van der Waals surface area contributed by atoms with Gasteiger partial charge >= 0.3 is 0 Å². The lowest BCUT2D eigenvalue weighted by Crippen LogP contribution is -2.31. The van der Waals surface area contributed by atoms with Crippen LogP contribution in [0.1, 0.15) is 31.9 Å². The van der Waals surface area contributed by atoms with Gasteiger partial charge in [-0.1, -0.05) is 11.8 Å². The van der Waals surface area contributed by atoms with E-state index in [0.717, 1.165) is 24.1 Å². The molecule has 0 bridgehead atoms. The highest BCUT2D eigenvalue weighted by molar-refractivity contribution is 7.99. The van der Waals surface area contributed by atoms with E-state index in [1.54, 1.807) is 16.8 Å². The first-order valence-corrected chi connectivity index (χ1v) is 10.7. The van der Waals surface area contributed by atoms with E-state index in [4.69, 9.17) is 0 Å². The lowest BCUT2D eigenvalue weighted by molar-refractivity contribution is 0.423. The largest absolute Gasteiger partial charge is 0.310 e. The van der Waals surface area contributed by atoms with E-state index in [0.29, 0.717) is 22.0 Å². The van der Waals surface area contributed by atoms with Crippen LogP contribution in [0, 0.1) is 17.1 Å². The topological polar surface area (TPSA) is 83.8 Å². The Hall–Kier alpha value is -3.22. The predicted octanol–water partition coefficient (Wildman–Crippen LogP) is 4.07. The number of halogens is 1. The number of hydrogen-bond donors (Lipinski definition) is 1. The first-order valence-electron chi connectivity index (χ1n) is 9.93. The molecule has 5 heterocycles. The van der Waals surface area contributed by atoms with Crippen molar-refractivity contribution in [2.75, 3.05) is 6.54 Å². The zero-order valence-electron chi connectivity index (χ0n) is 17.1. The molecule has 1 aliphatic heterocycles. The van der Waals surface area contributed by atoms with E-state index in [1.165, 1.54) is 24.0 Å². The summed E-state index contributed by atoms with van der Waals surface area (Å²) < 4.78 is 17.9. The Morgan fingerprint density at radius 3 is 2.87 bits per heavy atom. The third-order valence-electron chi connectivity index (χ3n) is 5.50. The number of aromatic nitrogens is 5. The second kappa shape index (κ2) is 7.48. The summed E-state index contributed by atoms with van der Waals surface area (Å²) in [6, 6.07) is 7.32. The minimum atomic E-state index is -0.404. The summed E-state index contributed by atoms with van der Waals surface area (Å²) in [5.41, 5.74) is 2.98. The molecule has 5 rings (SSSR count). The Morgan fingerprint density at radius 2 is 2.13 bits per heavy atom. The van der Waals surface area contributed by atoms with Gasteiger partial charge in [-0.05, 0) is 38.5 Å². The van der Waals surface area contributed by atoms with Crippen LogP contribution in [0.4, 0.5) is 4.39 Å². The fraction of sp³-hybridized carbons (Fsp3) is 0.273. The molecular weight excluding hydrogens is 413 g/mol. The third kappa shape index (κ3) is 3.69. The zero-order valence-corrected chi connectivity index (χ0v) is 17.9. The normalized spacial score (nSPS) is 17.8. The summed E-state index contributed by atoms with van der Waals surface area (Å²) in [5, 5.41) is 22.2. The van der Waals surface area contributed by atoms with Crippen LogP contribution in [0.3, 0.4) is 0 Å². The van der Waals surface area contributed by atoms with Crippen LogP contribution < -0.4 is 5.32 Å². The van der Waals surface area contributed by atoms with Crippen molar-refractivity contribution in [1.29, 1.82) is 5.26 Å². The molecule has 0 saturated carbocycles. The molecular formula is C22H20FN7S. The Bertz CT molecular complexity index is 1320. The fourth-order valence-corrected chi connectivity index (χ4v) is 4.93. The third-order valence-corrected chi connectivity index (χ3v) is 6.52. The molecule has 0 aliphatic carbocycles. The van der Waals surface area contributed by atoms with Crippen molar-refractivity contribution >= 4 is 17.3 Å². The SMILES string of the molecule is CC1(C)C[C@H](n2cc(-c3cc(Sc4ncccc4F)c4c(C#N)cnn4c3)cn2)CN1. The second-order valence-electron chi connectivity index (χ2n) is 8.28. The van der Waals surface area contributed by atoms with Crippen molar-refractivity contribution < 1.29 is 4.39 Å². The minimum absolute atomic E-state index is 0.0923. The monoisotopic (exact) mass is 433 g/mol. The van der Waals surface area contributed by atoms with Gasteiger partial charge in [0.15, 0.2) is 5.82 Å². The molecule has 9 heteroatoms. The van der Waals surface area contributed by atoms with E-state index in [2.05, 4.69) is 40.4 Å². The molecule has 0 spiro atoms. The lowest BCUT2D eigenvalue weighted by Gasteiger charge is -2.17. The van der Waals surface area contributed by atoms with Gasteiger partial charge in [-0.3, -0.25) is 4.68 Å². The van der Waals surface area contributed by atoms with Gasteiger partial charge in [0.2, 0.25) is 0 Å². The molecule has 0 amide bonds. The van der Waals surface area contributed by atoms with Crippen molar-refractivity contribution in [2.45, 2.75) is 41.8 Å². The molecule has 0 radical (unpaired) electrons. The average Bonchev–Trinajstić information content (AvgIpc) is 3.47. The van der Waals surface area contributed by atoms with Crippen LogP contribution >= 0.6 is 11.8 Å². The van der Waals surface area contributed by atoms with Crippen LogP contribution in [0.25, 0.3) is 16.6 Å². The highest BCUT2D eigenvalue weighted by atomic mass is 32.2. The number of fused-ring (bicyclic) bond motifs is 1. The molecule has 31 heavy (non-hydrogen) atoms. The molecule has 1 saturated heterocycles. The van der Waals surface area contributed by atoms with Crippen molar-refractivity contribution in [3.8, 4) is 17.2 Å². The number of rotatable bonds is 4. The van der Waals surface area contributed by atoms with Crippen molar-refractivity contribution in [2.24, 2.45) is 0 Å². The van der Waals surface area contributed by atoms with Gasteiger partial charge in [0.05, 0.1) is 29.5 Å². The van der Waals surface area contributed by atoms with Crippen LogP contribution in [-0.2, 0) is 0 Å². The number of hydrogen-bond acceptors (Lipinski definition) is 6. The van der Waals surface area contributed by atoms with E-state index in [1.807, 2.05) is 29.3 Å². The first-order chi connectivity index (χ1) is 14.9. The minimum Gasteiger partial charge on any atom is -0.310 e. The predicted molar refractivity (Wildman–Crippen MR) is 115 cm³/mol. The summed E-state index contributed by atoms with van der Waals surface area (Å²) in [7, 11) is 0. The molecule has 0 aromatic carbocycles. The van der Waals surface area contributed by atoms with Crippen LogP contribution in [0.2, 0.25) is 0 Å². The van der Waals surface area contributed by atoms with Crippen molar-refractivity contribution in [1.82, 2.24) is 29.7 Å². The number of nitrogens with zero attached hydrogens (tertiary/aromatic N) is 6. The van der Waals surface area contributed by atoms with Crippen molar-refractivity contribution in [3.63, 3.8) is 0 Å². The van der Waals surface area contributed by atoms with Crippen LogP contribution in [0.15, 0.2) is 59.1 Å². The van der Waals surface area contributed by atoms with E-state index in [-0.39, 0.29) is 10.6 Å². The maximum Gasteiger partial charge on any atom is 0.155 e. The summed E-state index contributed by atoms with van der Waals surface area (Å²) in [6.45, 7) is 5.25. The molecule has 4 aromatic heterocycles. The first kappa shape index (κ1) is 19.7. The molecule has 1 N–H and O–H groups in total. The Kier molecular flexibility index (Phi) is 4.76. The van der Waals surface area contributed by atoms with Crippen LogP contribution in [0.5, 0.6) is 0 Å². The Labute approximate surface area is 182 Å². The Morgan fingerprint density at radius 1 is 1.26 bits per heavy atom. The maximum atomic E-state index is 14.3. The van der Waals surface area contributed by atoms with E-state index >= 15 is 0 Å². The quantitative estimate of drug-likeness (QED) is 0.522. The molecule has 1 atom stereocenters. The average molecular weight is 434 g/mol. The summed E-state index contributed by atoms with van der Waals surface area (Å²) in [5.74, 6) is -0.404. The van der Waals surface area contributed by atoms with E-state index in [9.17, 15) is 9.65 Å². The maximum absolute atomic E-state index is 14.3. The molecule has 1 aliphatic rings. The van der Waals surface area contributed by atoms with Gasteiger partial charge in [0.1, 0.15) is 11.1 Å². The number of nitrogens with one attached hydrogen (secondary N) is 1. The lowest BCUT2D eigenvalue weighted by atomic mass is 10.0. The molecule has 0 unspecified atom stereocenters. The Balaban J connectivity index is 1.56. The number of pyridine rings is 2. The molecule has 4 aromatic rings. The van der Waals surface area contributed by atoms with Crippen molar-refractivity contribution in [3.05, 3.63) is 60.6 Å². The van der Waals surface area contributed by atoms with Gasteiger partial charge in [-0.2, -0.15) is 15.5 Å². The van der Waals surface area contributed by atoms with Gasteiger partial charge in [0.25, 0.3) is 0 Å². The van der Waals surface area contributed by atoms with E-state index < -0.39 is 5.82 Å². The summed E-state index contributed by atoms with van der Waals surface area (Å²) in [4.78, 5) is 4.85. The summed E-state index contributed by atoms with van der Waals surface area (Å²) in [6.07, 6.45) is 9.80. The fourth-order valence-electron chi connectivity index (χ4n) is 3.95. The molecule has 7 nitrogen and oxygen atoms in total. The zero-order chi connectivity index (χ0) is 21.6. The van der Waals surface area contributed by atoms with Gasteiger partial charge in [0, 0.05) is 46.7 Å². The van der Waals surface area contributed by atoms with Gasteiger partial charge in [-0.25, -0.2) is 13.9 Å². The smallest absolute Gasteiger partial charge is 0.155 e. The number of nitriles is 1. The molecule has 156 valence electrons. The van der Waals surface area contributed by atoms with Crippen LogP contribution in [-0.4, -0.2) is 36.5 Å². The second-order valence-corrected chi connectivity index (χ2v) is 9.31. The highest BCUT2D eigenvalue weighted by Crippen LogP contribution is 2.36. The van der Waals surface area contributed by atoms with Gasteiger partial charge < -0.3 is 5.32 Å². The standard InChI is InChI=1S/C22H20FN7S/c1-22(2)7-17(11-26-22)29-13-16(10-27-29)14-6-19(31-21-18(23)4-3-5-25-21)20-15(8-24)9-28-30(20)12-14/h3-6,9-10,12-13,17,26H,7,11H2,1-2H3/t17-/m0/s1. The highest BCUT2D eigenvalue weighted by Gasteiger charge is 2.31. The van der Waals surface area contributed by atoms with Gasteiger partial charge in [-0.15, -0.1) is 0 Å². The molecule has 1 fully saturated rings. The summed E-state index contributed by atoms with van der Waals surface area (Å²) >= 11 is 1.18.